The first-order valence-electron chi connectivity index (χ1n) is 9.68. The molecule has 1 aromatic heterocycles. The fraction of sp³-hybridized carbons (Fsp3) is 0.160. The lowest BCUT2D eigenvalue weighted by molar-refractivity contribution is 0.354. The molecule has 0 saturated carbocycles. The van der Waals surface area contributed by atoms with Crippen molar-refractivity contribution in [2.75, 3.05) is 20.8 Å². The number of ether oxygens (including phenoxy) is 2. The van der Waals surface area contributed by atoms with E-state index in [1.807, 2.05) is 72.8 Å². The number of nitrogens with zero attached hydrogens (tertiary/aromatic N) is 1. The van der Waals surface area contributed by atoms with E-state index < -0.39 is 0 Å². The Kier molecular flexibility index (Phi) is 6.05. The number of hydrogen-bond donors (Lipinski definition) is 0. The van der Waals surface area contributed by atoms with Crippen molar-refractivity contribution in [3.63, 3.8) is 0 Å². The average Bonchev–Trinajstić information content (AvgIpc) is 2.79. The lowest BCUT2D eigenvalue weighted by Gasteiger charge is -2.09. The van der Waals surface area contributed by atoms with Crippen molar-refractivity contribution in [1.29, 1.82) is 0 Å². The third kappa shape index (κ3) is 4.34. The van der Waals surface area contributed by atoms with Crippen LogP contribution in [0.2, 0.25) is 5.02 Å². The fourth-order valence-corrected chi connectivity index (χ4v) is 3.47. The highest BCUT2D eigenvalue weighted by Gasteiger charge is 2.07. The summed E-state index contributed by atoms with van der Waals surface area (Å²) in [5, 5.41) is 2.59. The van der Waals surface area contributed by atoms with Gasteiger partial charge in [-0.15, -0.1) is 0 Å². The van der Waals surface area contributed by atoms with Crippen molar-refractivity contribution in [3.05, 3.63) is 88.7 Å². The summed E-state index contributed by atoms with van der Waals surface area (Å²) in [7, 11) is 3.28. The summed E-state index contributed by atoms with van der Waals surface area (Å²) in [5.41, 5.74) is 2.90. The maximum Gasteiger partial charge on any atom is 0.160 e. The summed E-state index contributed by atoms with van der Waals surface area (Å²) < 4.78 is 16.8. The summed E-state index contributed by atoms with van der Waals surface area (Å²) >= 11 is 6.03. The molecule has 0 aliphatic heterocycles. The first kappa shape index (κ1) is 20.0. The number of methoxy groups -OCH3 is 2. The second-order valence-corrected chi connectivity index (χ2v) is 7.26. The monoisotopic (exact) mass is 419 g/mol. The van der Waals surface area contributed by atoms with Crippen molar-refractivity contribution in [1.82, 2.24) is 0 Å². The van der Waals surface area contributed by atoms with Crippen LogP contribution in [-0.4, -0.2) is 20.8 Å². The summed E-state index contributed by atoms with van der Waals surface area (Å²) in [5.74, 6) is 2.21. The van der Waals surface area contributed by atoms with Crippen molar-refractivity contribution < 1.29 is 13.9 Å². The van der Waals surface area contributed by atoms with E-state index in [-0.39, 0.29) is 0 Å². The summed E-state index contributed by atoms with van der Waals surface area (Å²) in [6.45, 7) is 0.642. The smallest absolute Gasteiger partial charge is 0.160 e. The highest BCUT2D eigenvalue weighted by Crippen LogP contribution is 2.28. The second kappa shape index (κ2) is 9.06. The minimum absolute atomic E-state index is 0.642. The number of fused-ring (bicyclic) bond motifs is 1. The van der Waals surface area contributed by atoms with E-state index in [1.54, 1.807) is 14.2 Å². The minimum Gasteiger partial charge on any atom is -0.493 e. The molecule has 0 amide bonds. The predicted octanol–water partition coefficient (Wildman–Crippen LogP) is 5.91. The molecule has 1 heterocycles. The van der Waals surface area contributed by atoms with E-state index in [9.17, 15) is 0 Å². The highest BCUT2D eigenvalue weighted by molar-refractivity contribution is 6.30. The minimum atomic E-state index is 0.642. The number of para-hydroxylation sites is 1. The zero-order valence-electron chi connectivity index (χ0n) is 16.9. The molecule has 152 valence electrons. The predicted molar refractivity (Wildman–Crippen MR) is 120 cm³/mol. The summed E-state index contributed by atoms with van der Waals surface area (Å²) in [6.07, 6.45) is 0.789. The Labute approximate surface area is 180 Å². The van der Waals surface area contributed by atoms with Gasteiger partial charge in [0.05, 0.1) is 19.6 Å². The fourth-order valence-electron chi connectivity index (χ4n) is 3.35. The molecule has 0 saturated heterocycles. The van der Waals surface area contributed by atoms with Gasteiger partial charge in [-0.25, -0.2) is 0 Å². The third-order valence-corrected chi connectivity index (χ3v) is 5.16. The first-order chi connectivity index (χ1) is 14.7. The molecular weight excluding hydrogens is 398 g/mol. The molecule has 3 aromatic carbocycles. The van der Waals surface area contributed by atoms with Gasteiger partial charge in [-0.2, -0.15) is 0 Å². The number of hydrogen-bond acceptors (Lipinski definition) is 4. The van der Waals surface area contributed by atoms with Crippen LogP contribution in [0.25, 0.3) is 22.3 Å². The molecule has 0 aliphatic rings. The normalized spacial score (nSPS) is 11.6. The molecule has 0 bridgehead atoms. The van der Waals surface area contributed by atoms with Gasteiger partial charge in [0.15, 0.2) is 11.5 Å². The molecule has 4 nitrogen and oxygen atoms in total. The number of halogens is 1. The van der Waals surface area contributed by atoms with Gasteiger partial charge >= 0.3 is 0 Å². The van der Waals surface area contributed by atoms with Crippen LogP contribution in [0.15, 0.2) is 82.2 Å². The lowest BCUT2D eigenvalue weighted by atomic mass is 10.1. The first-order valence-corrected chi connectivity index (χ1v) is 10.1. The van der Waals surface area contributed by atoms with Crippen molar-refractivity contribution in [2.24, 2.45) is 4.99 Å². The Morgan fingerprint density at radius 3 is 2.40 bits per heavy atom. The van der Waals surface area contributed by atoms with E-state index >= 15 is 0 Å². The van der Waals surface area contributed by atoms with Gasteiger partial charge in [0.2, 0.25) is 0 Å². The van der Waals surface area contributed by atoms with Gasteiger partial charge in [-0.3, -0.25) is 4.99 Å². The van der Waals surface area contributed by atoms with E-state index in [1.165, 1.54) is 0 Å². The Hall–Kier alpha value is -3.24. The molecule has 0 radical (unpaired) electrons. The van der Waals surface area contributed by atoms with E-state index in [0.717, 1.165) is 51.1 Å². The molecule has 0 spiro atoms. The maximum absolute atomic E-state index is 6.12. The zero-order chi connectivity index (χ0) is 20.9. The highest BCUT2D eigenvalue weighted by atomic mass is 35.5. The van der Waals surface area contributed by atoms with Crippen LogP contribution in [0.3, 0.4) is 0 Å². The molecule has 5 heteroatoms. The van der Waals surface area contributed by atoms with Crippen LogP contribution in [0.4, 0.5) is 0 Å². The maximum atomic E-state index is 6.12. The van der Waals surface area contributed by atoms with E-state index in [2.05, 4.69) is 0 Å². The van der Waals surface area contributed by atoms with Gasteiger partial charge in [-0.1, -0.05) is 29.8 Å². The Balaban J connectivity index is 1.67. The lowest BCUT2D eigenvalue weighted by Crippen LogP contribution is -2.06. The van der Waals surface area contributed by atoms with Crippen LogP contribution in [0, 0.1) is 0 Å². The molecule has 0 atom stereocenters. The quantitative estimate of drug-likeness (QED) is 0.390. The van der Waals surface area contributed by atoms with Crippen LogP contribution in [0.1, 0.15) is 5.56 Å². The Bertz CT molecular complexity index is 1230. The van der Waals surface area contributed by atoms with Crippen LogP contribution >= 0.6 is 11.6 Å². The molecule has 4 rings (SSSR count). The van der Waals surface area contributed by atoms with Gasteiger partial charge in [0.25, 0.3) is 0 Å². The van der Waals surface area contributed by atoms with Crippen molar-refractivity contribution in [3.8, 4) is 22.8 Å². The van der Waals surface area contributed by atoms with E-state index in [4.69, 9.17) is 30.5 Å². The van der Waals surface area contributed by atoms with Crippen LogP contribution in [-0.2, 0) is 6.42 Å². The molecular formula is C25H22ClNO3. The van der Waals surface area contributed by atoms with Gasteiger partial charge in [0.1, 0.15) is 11.3 Å². The summed E-state index contributed by atoms with van der Waals surface area (Å²) in [6, 6.07) is 23.5. The second-order valence-electron chi connectivity index (χ2n) is 6.82. The number of rotatable bonds is 6. The van der Waals surface area contributed by atoms with Gasteiger partial charge in [-0.05, 0) is 60.5 Å². The van der Waals surface area contributed by atoms with Crippen molar-refractivity contribution in [2.45, 2.75) is 6.42 Å². The van der Waals surface area contributed by atoms with Crippen LogP contribution in [0.5, 0.6) is 11.5 Å². The molecule has 0 N–H and O–H groups in total. The third-order valence-electron chi connectivity index (χ3n) is 4.91. The largest absolute Gasteiger partial charge is 0.493 e. The summed E-state index contributed by atoms with van der Waals surface area (Å²) in [4.78, 5) is 4.87. The van der Waals surface area contributed by atoms with Gasteiger partial charge in [0, 0.05) is 28.6 Å². The molecule has 0 fully saturated rings. The standard InChI is InChI=1S/C25H22ClNO3/c1-28-23-12-7-17(15-25(23)29-2)13-14-27-21-16-24(18-8-10-19(26)11-9-18)30-22-6-4-3-5-20(21)22/h3-12,15-16H,13-14H2,1-2H3. The zero-order valence-corrected chi connectivity index (χ0v) is 17.6. The molecule has 0 aliphatic carbocycles. The Morgan fingerprint density at radius 1 is 0.867 bits per heavy atom. The SMILES string of the molecule is COc1ccc(CCN=c2cc(-c3ccc(Cl)cc3)oc3ccccc23)cc1OC. The van der Waals surface area contributed by atoms with Crippen molar-refractivity contribution >= 4 is 22.6 Å². The van der Waals surface area contributed by atoms with Gasteiger partial charge < -0.3 is 13.9 Å². The van der Waals surface area contributed by atoms with E-state index in [0.29, 0.717) is 11.6 Å². The molecule has 0 unspecified atom stereocenters. The average molecular weight is 420 g/mol. The number of benzene rings is 3. The Morgan fingerprint density at radius 2 is 1.63 bits per heavy atom. The van der Waals surface area contributed by atoms with Crippen LogP contribution < -0.4 is 14.8 Å². The molecule has 4 aromatic rings. The molecule has 30 heavy (non-hydrogen) atoms. The topological polar surface area (TPSA) is 44.0 Å².